The summed E-state index contributed by atoms with van der Waals surface area (Å²) in [6, 6.07) is -1.35. The van der Waals surface area contributed by atoms with E-state index in [0.717, 1.165) is 6.92 Å². The Morgan fingerprint density at radius 3 is 2.39 bits per heavy atom. The molecule has 0 spiro atoms. The van der Waals surface area contributed by atoms with Gasteiger partial charge in [-0.2, -0.15) is 13.2 Å². The van der Waals surface area contributed by atoms with Crippen molar-refractivity contribution >= 4 is 34.4 Å². The SMILES string of the molecule is CC(=O)NC(CS(=O)CCSC(F)(F)F)C(=O)O. The normalized spacial score (nSPS) is 14.9. The van der Waals surface area contributed by atoms with E-state index in [4.69, 9.17) is 5.11 Å². The molecule has 2 atom stereocenters. The van der Waals surface area contributed by atoms with Crippen molar-refractivity contribution in [3.05, 3.63) is 0 Å². The molecule has 0 aromatic heterocycles. The van der Waals surface area contributed by atoms with Crippen molar-refractivity contribution in [2.75, 3.05) is 17.3 Å². The summed E-state index contributed by atoms with van der Waals surface area (Å²) >= 11 is -0.317. The summed E-state index contributed by atoms with van der Waals surface area (Å²) in [5.41, 5.74) is -4.39. The molecule has 0 heterocycles. The van der Waals surface area contributed by atoms with Gasteiger partial charge < -0.3 is 10.4 Å². The molecule has 0 saturated carbocycles. The fourth-order valence-electron chi connectivity index (χ4n) is 0.940. The number of hydrogen-bond donors (Lipinski definition) is 2. The summed E-state index contributed by atoms with van der Waals surface area (Å²) < 4.78 is 46.7. The number of hydrogen-bond acceptors (Lipinski definition) is 4. The van der Waals surface area contributed by atoms with Gasteiger partial charge in [0.05, 0.1) is 5.75 Å². The number of amides is 1. The van der Waals surface area contributed by atoms with Crippen LogP contribution < -0.4 is 5.32 Å². The smallest absolute Gasteiger partial charge is 0.441 e. The van der Waals surface area contributed by atoms with Gasteiger partial charge in [-0.25, -0.2) is 4.79 Å². The van der Waals surface area contributed by atoms with E-state index < -0.39 is 45.7 Å². The molecule has 0 aromatic rings. The summed E-state index contributed by atoms with van der Waals surface area (Å²) in [6.07, 6.45) is 0. The summed E-state index contributed by atoms with van der Waals surface area (Å²) in [6.45, 7) is 1.10. The highest BCUT2D eigenvalue weighted by Gasteiger charge is 2.28. The predicted octanol–water partition coefficient (Wildman–Crippen LogP) is 0.577. The molecule has 0 radical (unpaired) electrons. The minimum atomic E-state index is -4.39. The van der Waals surface area contributed by atoms with E-state index in [1.165, 1.54) is 0 Å². The average molecular weight is 307 g/mol. The van der Waals surface area contributed by atoms with E-state index >= 15 is 0 Å². The van der Waals surface area contributed by atoms with Crippen LogP contribution in [0.1, 0.15) is 6.92 Å². The first kappa shape index (κ1) is 17.2. The van der Waals surface area contributed by atoms with Crippen molar-refractivity contribution in [2.45, 2.75) is 18.5 Å². The van der Waals surface area contributed by atoms with Crippen LogP contribution >= 0.6 is 11.8 Å². The van der Waals surface area contributed by atoms with Gasteiger partial charge in [-0.3, -0.25) is 9.00 Å². The molecule has 1 amide bonds. The van der Waals surface area contributed by atoms with Crippen molar-refractivity contribution in [3.8, 4) is 0 Å². The van der Waals surface area contributed by atoms with Crippen LogP contribution in [-0.4, -0.2) is 50.0 Å². The zero-order chi connectivity index (χ0) is 14.3. The molecule has 2 N–H and O–H groups in total. The van der Waals surface area contributed by atoms with Crippen molar-refractivity contribution in [1.29, 1.82) is 0 Å². The molecule has 0 saturated heterocycles. The van der Waals surface area contributed by atoms with Gasteiger partial charge >= 0.3 is 11.5 Å². The number of carbonyl (C=O) groups excluding carboxylic acids is 1. The average Bonchev–Trinajstić information content (AvgIpc) is 2.13. The quantitative estimate of drug-likeness (QED) is 0.719. The highest BCUT2D eigenvalue weighted by atomic mass is 32.2. The second-order valence-electron chi connectivity index (χ2n) is 3.20. The molecule has 18 heavy (non-hydrogen) atoms. The third kappa shape index (κ3) is 9.28. The lowest BCUT2D eigenvalue weighted by atomic mass is 10.3. The summed E-state index contributed by atoms with van der Waals surface area (Å²) in [4.78, 5) is 21.3. The molecule has 0 aliphatic rings. The van der Waals surface area contributed by atoms with Crippen LogP contribution in [0.5, 0.6) is 0 Å². The Morgan fingerprint density at radius 2 is 2.00 bits per heavy atom. The van der Waals surface area contributed by atoms with Gasteiger partial charge in [-0.1, -0.05) is 11.8 Å². The van der Waals surface area contributed by atoms with Crippen LogP contribution in [0.15, 0.2) is 0 Å². The molecule has 2 unspecified atom stereocenters. The first-order chi connectivity index (χ1) is 8.11. The second kappa shape index (κ2) is 7.62. The molecule has 0 aliphatic heterocycles. The molecule has 10 heteroatoms. The molecular weight excluding hydrogens is 295 g/mol. The fraction of sp³-hybridized carbons (Fsp3) is 0.750. The number of alkyl halides is 3. The molecule has 0 aromatic carbocycles. The van der Waals surface area contributed by atoms with E-state index in [1.54, 1.807) is 0 Å². The molecule has 0 fully saturated rings. The van der Waals surface area contributed by atoms with Crippen LogP contribution in [0.25, 0.3) is 0 Å². The zero-order valence-corrected chi connectivity index (χ0v) is 11.0. The maximum atomic E-state index is 11.8. The van der Waals surface area contributed by atoms with Gasteiger partial charge in [-0.05, 0) is 0 Å². The lowest BCUT2D eigenvalue weighted by Gasteiger charge is -2.12. The first-order valence-corrected chi connectivity index (χ1v) is 7.14. The highest BCUT2D eigenvalue weighted by molar-refractivity contribution is 8.00. The van der Waals surface area contributed by atoms with Gasteiger partial charge in [0, 0.05) is 29.2 Å². The number of thioether (sulfide) groups is 1. The third-order valence-electron chi connectivity index (χ3n) is 1.60. The van der Waals surface area contributed by atoms with Crippen LogP contribution in [0.3, 0.4) is 0 Å². The predicted molar refractivity (Wildman–Crippen MR) is 61.6 cm³/mol. The van der Waals surface area contributed by atoms with E-state index in [2.05, 4.69) is 5.32 Å². The number of halogens is 3. The summed E-state index contributed by atoms with van der Waals surface area (Å²) in [5, 5.41) is 10.7. The minimum Gasteiger partial charge on any atom is -0.480 e. The van der Waals surface area contributed by atoms with Crippen molar-refractivity contribution in [2.24, 2.45) is 0 Å². The van der Waals surface area contributed by atoms with Crippen LogP contribution in [-0.2, 0) is 20.4 Å². The number of nitrogens with one attached hydrogen (secondary N) is 1. The molecule has 5 nitrogen and oxygen atoms in total. The Kier molecular flexibility index (Phi) is 7.29. The van der Waals surface area contributed by atoms with E-state index in [9.17, 15) is 27.0 Å². The lowest BCUT2D eigenvalue weighted by molar-refractivity contribution is -0.140. The van der Waals surface area contributed by atoms with Crippen LogP contribution in [0, 0.1) is 0 Å². The van der Waals surface area contributed by atoms with Gasteiger partial charge in [-0.15, -0.1) is 0 Å². The molecule has 0 aliphatic carbocycles. The third-order valence-corrected chi connectivity index (χ3v) is 3.96. The number of carboxylic acid groups (broad SMARTS) is 1. The number of carboxylic acids is 1. The number of carbonyl (C=O) groups is 2. The van der Waals surface area contributed by atoms with Crippen LogP contribution in [0.4, 0.5) is 13.2 Å². The minimum absolute atomic E-state index is 0.284. The molecule has 106 valence electrons. The van der Waals surface area contributed by atoms with Crippen molar-refractivity contribution in [1.82, 2.24) is 5.32 Å². The van der Waals surface area contributed by atoms with E-state index in [1.807, 2.05) is 0 Å². The van der Waals surface area contributed by atoms with E-state index in [0.29, 0.717) is 0 Å². The monoisotopic (exact) mass is 307 g/mol. The number of aliphatic carboxylic acids is 1. The highest BCUT2D eigenvalue weighted by Crippen LogP contribution is 2.29. The second-order valence-corrected chi connectivity index (χ2v) is 5.98. The summed E-state index contributed by atoms with van der Waals surface area (Å²) in [7, 11) is -1.74. The first-order valence-electron chi connectivity index (χ1n) is 4.67. The van der Waals surface area contributed by atoms with Gasteiger partial charge in [0.1, 0.15) is 6.04 Å². The van der Waals surface area contributed by atoms with Gasteiger partial charge in [0.15, 0.2) is 0 Å². The molecule has 0 bridgehead atoms. The van der Waals surface area contributed by atoms with Gasteiger partial charge in [0.2, 0.25) is 5.91 Å². The molecule has 0 rings (SSSR count). The maximum absolute atomic E-state index is 11.8. The Hall–Kier alpha value is -0.770. The topological polar surface area (TPSA) is 83.5 Å². The van der Waals surface area contributed by atoms with Crippen molar-refractivity contribution in [3.63, 3.8) is 0 Å². The Labute approximate surface area is 108 Å². The maximum Gasteiger partial charge on any atom is 0.441 e. The summed E-state index contributed by atoms with van der Waals surface area (Å²) in [5.74, 6) is -3.09. The van der Waals surface area contributed by atoms with E-state index in [-0.39, 0.29) is 17.5 Å². The van der Waals surface area contributed by atoms with Gasteiger partial charge in [0.25, 0.3) is 0 Å². The lowest BCUT2D eigenvalue weighted by Crippen LogP contribution is -2.43. The Morgan fingerprint density at radius 1 is 1.44 bits per heavy atom. The number of rotatable bonds is 7. The Bertz CT molecular complexity index is 335. The fourth-order valence-corrected chi connectivity index (χ4v) is 3.01. The standard InChI is InChI=1S/C8H12F3NO4S2/c1-5(13)12-6(7(14)15)4-18(16)3-2-17-8(9,10)11/h6H,2-4H2,1H3,(H,12,13)(H,14,15). The Balaban J connectivity index is 4.11. The zero-order valence-electron chi connectivity index (χ0n) is 9.32. The van der Waals surface area contributed by atoms with Crippen molar-refractivity contribution < 1.29 is 32.1 Å². The molecular formula is C8H12F3NO4S2. The largest absolute Gasteiger partial charge is 0.480 e. The van der Waals surface area contributed by atoms with Crippen LogP contribution in [0.2, 0.25) is 0 Å².